The molecule has 0 saturated heterocycles. The highest BCUT2D eigenvalue weighted by Crippen LogP contribution is 2.31. The first-order valence-corrected chi connectivity index (χ1v) is 13.7. The van der Waals surface area contributed by atoms with Crippen molar-refractivity contribution in [2.45, 2.75) is 37.6 Å². The number of hydrogen-bond donors (Lipinski definition) is 2. The van der Waals surface area contributed by atoms with Crippen molar-refractivity contribution >= 4 is 21.4 Å². The van der Waals surface area contributed by atoms with Gasteiger partial charge < -0.3 is 19.6 Å². The molecule has 1 amide bonds. The molecule has 0 spiro atoms. The number of benzene rings is 1. The van der Waals surface area contributed by atoms with Gasteiger partial charge in [0, 0.05) is 23.5 Å². The maximum atomic E-state index is 14.4. The van der Waals surface area contributed by atoms with Crippen molar-refractivity contribution in [1.82, 2.24) is 19.7 Å². The number of sulfone groups is 1. The second kappa shape index (κ2) is 11.2. The van der Waals surface area contributed by atoms with Crippen molar-refractivity contribution in [3.8, 4) is 17.0 Å². The summed E-state index contributed by atoms with van der Waals surface area (Å²) in [7, 11) is -3.46. The van der Waals surface area contributed by atoms with Crippen molar-refractivity contribution in [2.24, 2.45) is 0 Å². The summed E-state index contributed by atoms with van der Waals surface area (Å²) in [4.78, 5) is 21.6. The minimum absolute atomic E-state index is 0.0245. The number of aliphatic hydroxyl groups is 1. The van der Waals surface area contributed by atoms with E-state index in [1.165, 1.54) is 37.3 Å². The van der Waals surface area contributed by atoms with Crippen molar-refractivity contribution in [3.05, 3.63) is 77.6 Å². The zero-order valence-electron chi connectivity index (χ0n) is 21.2. The average Bonchev–Trinajstić information content (AvgIpc) is 3.30. The molecule has 9 nitrogen and oxygen atoms in total. The first-order chi connectivity index (χ1) is 18.9. The van der Waals surface area contributed by atoms with E-state index in [-0.39, 0.29) is 27.5 Å². The SMILES string of the molecule is CCc1c(-c2ccc(OC(F)(F)F)c(F)c2)nc2cc(C(=O)N[C@@H](CO)c3ccc(S(=O)(=O)CC)cn3)ccn12. The highest BCUT2D eigenvalue weighted by molar-refractivity contribution is 7.91. The summed E-state index contributed by atoms with van der Waals surface area (Å²) in [5.41, 5.74) is 1.92. The molecule has 0 bridgehead atoms. The molecule has 1 aromatic carbocycles. The van der Waals surface area contributed by atoms with Crippen LogP contribution in [0.3, 0.4) is 0 Å². The summed E-state index contributed by atoms with van der Waals surface area (Å²) >= 11 is 0. The third-order valence-corrected chi connectivity index (χ3v) is 7.82. The number of nitrogens with one attached hydrogen (secondary N) is 1. The second-order valence-corrected chi connectivity index (χ2v) is 10.9. The van der Waals surface area contributed by atoms with Gasteiger partial charge in [0.1, 0.15) is 5.65 Å². The van der Waals surface area contributed by atoms with Crippen LogP contribution in [0.15, 0.2) is 59.8 Å². The monoisotopic (exact) mass is 580 g/mol. The fraction of sp³-hybridized carbons (Fsp3) is 0.269. The van der Waals surface area contributed by atoms with Gasteiger partial charge in [-0.1, -0.05) is 13.8 Å². The van der Waals surface area contributed by atoms with E-state index in [2.05, 4.69) is 20.0 Å². The summed E-state index contributed by atoms with van der Waals surface area (Å²) in [6.45, 7) is 2.82. The van der Waals surface area contributed by atoms with Crippen molar-refractivity contribution < 1.29 is 40.6 Å². The lowest BCUT2D eigenvalue weighted by Crippen LogP contribution is -2.31. The number of nitrogens with zero attached hydrogens (tertiary/aromatic N) is 3. The summed E-state index contributed by atoms with van der Waals surface area (Å²) in [6.07, 6.45) is -1.86. The zero-order chi connectivity index (χ0) is 29.2. The number of aliphatic hydroxyl groups excluding tert-OH is 1. The minimum atomic E-state index is -5.04. The van der Waals surface area contributed by atoms with Gasteiger partial charge in [-0.15, -0.1) is 13.2 Å². The Balaban J connectivity index is 1.60. The van der Waals surface area contributed by atoms with Crippen LogP contribution >= 0.6 is 0 Å². The zero-order valence-corrected chi connectivity index (χ0v) is 22.1. The average molecular weight is 581 g/mol. The normalized spacial score (nSPS) is 12.9. The molecular weight excluding hydrogens is 556 g/mol. The molecule has 212 valence electrons. The fourth-order valence-corrected chi connectivity index (χ4v) is 4.89. The summed E-state index contributed by atoms with van der Waals surface area (Å²) in [5.74, 6) is -2.85. The Morgan fingerprint density at radius 2 is 1.90 bits per heavy atom. The van der Waals surface area contributed by atoms with Gasteiger partial charge in [0.2, 0.25) is 0 Å². The molecule has 4 aromatic rings. The maximum absolute atomic E-state index is 14.4. The highest BCUT2D eigenvalue weighted by atomic mass is 32.2. The van der Waals surface area contributed by atoms with Crippen LogP contribution < -0.4 is 10.1 Å². The Bertz CT molecular complexity index is 1650. The number of carbonyl (C=O) groups excluding carboxylic acids is 1. The quantitative estimate of drug-likeness (QED) is 0.284. The van der Waals surface area contributed by atoms with Crippen LogP contribution in [0.1, 0.15) is 41.6 Å². The number of aryl methyl sites for hydroxylation is 1. The second-order valence-electron chi connectivity index (χ2n) is 8.63. The van der Waals surface area contributed by atoms with E-state index in [1.54, 1.807) is 10.6 Å². The van der Waals surface area contributed by atoms with Gasteiger partial charge in [-0.3, -0.25) is 9.78 Å². The number of rotatable bonds is 9. The number of aromatic nitrogens is 3. The van der Waals surface area contributed by atoms with Gasteiger partial charge in [0.25, 0.3) is 5.91 Å². The molecule has 0 fully saturated rings. The van der Waals surface area contributed by atoms with Gasteiger partial charge in [-0.05, 0) is 48.9 Å². The molecule has 0 radical (unpaired) electrons. The van der Waals surface area contributed by atoms with Crippen LogP contribution in [0.25, 0.3) is 16.9 Å². The number of pyridine rings is 2. The Labute approximate surface area is 226 Å². The molecule has 14 heteroatoms. The van der Waals surface area contributed by atoms with Gasteiger partial charge in [0.05, 0.1) is 40.4 Å². The number of hydrogen-bond acceptors (Lipinski definition) is 7. The van der Waals surface area contributed by atoms with Crippen molar-refractivity contribution in [3.63, 3.8) is 0 Å². The molecule has 40 heavy (non-hydrogen) atoms. The first-order valence-electron chi connectivity index (χ1n) is 12.0. The Morgan fingerprint density at radius 1 is 1.15 bits per heavy atom. The summed E-state index contributed by atoms with van der Waals surface area (Å²) in [6, 6.07) is 7.83. The number of carbonyl (C=O) groups is 1. The van der Waals surface area contributed by atoms with Crippen molar-refractivity contribution in [1.29, 1.82) is 0 Å². The highest BCUT2D eigenvalue weighted by Gasteiger charge is 2.32. The molecule has 0 saturated carbocycles. The van der Waals surface area contributed by atoms with E-state index in [1.807, 2.05) is 6.92 Å². The van der Waals surface area contributed by atoms with E-state index in [0.29, 0.717) is 23.5 Å². The molecule has 4 rings (SSSR count). The van der Waals surface area contributed by atoms with Crippen LogP contribution in [0.4, 0.5) is 17.6 Å². The molecule has 0 aliphatic heterocycles. The Hall–Kier alpha value is -4.04. The Kier molecular flexibility index (Phi) is 8.12. The number of fused-ring (bicyclic) bond motifs is 1. The number of alkyl halides is 3. The van der Waals surface area contributed by atoms with Crippen LogP contribution in [0.5, 0.6) is 5.75 Å². The predicted octanol–water partition coefficient (Wildman–Crippen LogP) is 4.25. The van der Waals surface area contributed by atoms with Gasteiger partial charge >= 0.3 is 6.36 Å². The lowest BCUT2D eigenvalue weighted by molar-refractivity contribution is -0.275. The topological polar surface area (TPSA) is 123 Å². The molecule has 2 N–H and O–H groups in total. The molecule has 0 aliphatic carbocycles. The molecule has 0 unspecified atom stereocenters. The van der Waals surface area contributed by atoms with E-state index < -0.39 is 46.3 Å². The van der Waals surface area contributed by atoms with Gasteiger partial charge in [0.15, 0.2) is 21.4 Å². The minimum Gasteiger partial charge on any atom is -0.403 e. The van der Waals surface area contributed by atoms with Crippen LogP contribution in [-0.4, -0.2) is 52.5 Å². The molecule has 3 heterocycles. The lowest BCUT2D eigenvalue weighted by Gasteiger charge is -2.16. The van der Waals surface area contributed by atoms with Crippen molar-refractivity contribution in [2.75, 3.05) is 12.4 Å². The van der Waals surface area contributed by atoms with Gasteiger partial charge in [-0.25, -0.2) is 17.8 Å². The molecular formula is C26H24F4N4O5S. The largest absolute Gasteiger partial charge is 0.573 e. The number of amides is 1. The third-order valence-electron chi connectivity index (χ3n) is 6.10. The van der Waals surface area contributed by atoms with E-state index in [9.17, 15) is 35.9 Å². The fourth-order valence-electron chi connectivity index (χ4n) is 4.06. The Morgan fingerprint density at radius 3 is 2.48 bits per heavy atom. The summed E-state index contributed by atoms with van der Waals surface area (Å²) < 4.78 is 81.2. The predicted molar refractivity (Wildman–Crippen MR) is 136 cm³/mol. The molecule has 0 aliphatic rings. The standard InChI is InChI=1S/C26H24F4N4O5S/c1-3-21-24(15-5-8-22(18(27)11-15)39-26(28,29)30)33-23-12-16(9-10-34(21)23)25(36)32-20(14-35)19-7-6-17(13-31-19)40(37,38)4-2/h5-13,20,35H,3-4,14H2,1-2H3,(H,32,36)/t20-/m0/s1. The van der Waals surface area contributed by atoms with Crippen LogP contribution in [0, 0.1) is 5.82 Å². The number of imidazole rings is 1. The van der Waals surface area contributed by atoms with Gasteiger partial charge in [-0.2, -0.15) is 0 Å². The lowest BCUT2D eigenvalue weighted by atomic mass is 10.1. The number of halogens is 4. The number of ether oxygens (including phenoxy) is 1. The first kappa shape index (κ1) is 29.0. The van der Waals surface area contributed by atoms with E-state index in [0.717, 1.165) is 18.3 Å². The van der Waals surface area contributed by atoms with E-state index in [4.69, 9.17) is 0 Å². The molecule has 3 aromatic heterocycles. The van der Waals surface area contributed by atoms with Crippen LogP contribution in [-0.2, 0) is 16.3 Å². The smallest absolute Gasteiger partial charge is 0.403 e. The van der Waals surface area contributed by atoms with Crippen LogP contribution in [0.2, 0.25) is 0 Å². The summed E-state index contributed by atoms with van der Waals surface area (Å²) in [5, 5.41) is 12.5. The third kappa shape index (κ3) is 6.07. The maximum Gasteiger partial charge on any atom is 0.573 e. The van der Waals surface area contributed by atoms with E-state index >= 15 is 0 Å². The molecule has 1 atom stereocenters.